The van der Waals surface area contributed by atoms with Gasteiger partial charge in [-0.3, -0.25) is 9.69 Å². The molecule has 1 unspecified atom stereocenters. The lowest BCUT2D eigenvalue weighted by molar-refractivity contribution is 0.0915. The van der Waals surface area contributed by atoms with E-state index in [2.05, 4.69) is 27.5 Å². The topological polar surface area (TPSA) is 67.6 Å². The molecule has 1 fully saturated rings. The molecule has 0 bridgehead atoms. The Morgan fingerprint density at radius 1 is 1.13 bits per heavy atom. The smallest absolute Gasteiger partial charge is 0.273 e. The first-order valence-electron chi connectivity index (χ1n) is 10.5. The van der Waals surface area contributed by atoms with Crippen LogP contribution in [0.4, 0.5) is 0 Å². The quantitative estimate of drug-likeness (QED) is 0.563. The number of hydrogen-bond donors (Lipinski definition) is 1. The normalized spacial score (nSPS) is 15.4. The van der Waals surface area contributed by atoms with Crippen molar-refractivity contribution in [3.63, 3.8) is 0 Å². The van der Waals surface area contributed by atoms with E-state index in [1.165, 1.54) is 19.3 Å². The SMILES string of the molecule is COc1ccc(C(CNC(=O)c2cc(-c3ccc(Cl)cc3)on2)N2CCCCC2)cc1. The van der Waals surface area contributed by atoms with E-state index in [-0.39, 0.29) is 17.6 Å². The van der Waals surface area contributed by atoms with Gasteiger partial charge in [0, 0.05) is 23.2 Å². The summed E-state index contributed by atoms with van der Waals surface area (Å²) < 4.78 is 10.7. The number of halogens is 1. The van der Waals surface area contributed by atoms with E-state index < -0.39 is 0 Å². The minimum Gasteiger partial charge on any atom is -0.497 e. The predicted molar refractivity (Wildman–Crippen MR) is 120 cm³/mol. The van der Waals surface area contributed by atoms with Crippen molar-refractivity contribution < 1.29 is 14.1 Å². The van der Waals surface area contributed by atoms with Gasteiger partial charge in [0.1, 0.15) is 5.75 Å². The van der Waals surface area contributed by atoms with Crippen LogP contribution in [0, 0.1) is 0 Å². The molecule has 31 heavy (non-hydrogen) atoms. The van der Waals surface area contributed by atoms with Crippen molar-refractivity contribution in [2.75, 3.05) is 26.7 Å². The van der Waals surface area contributed by atoms with Gasteiger partial charge < -0.3 is 14.6 Å². The van der Waals surface area contributed by atoms with Crippen LogP contribution in [0.25, 0.3) is 11.3 Å². The fourth-order valence-corrected chi connectivity index (χ4v) is 4.05. The lowest BCUT2D eigenvalue weighted by Crippen LogP contribution is -2.40. The van der Waals surface area contributed by atoms with Crippen LogP contribution in [0.1, 0.15) is 41.4 Å². The van der Waals surface area contributed by atoms with Gasteiger partial charge in [-0.05, 0) is 67.9 Å². The summed E-state index contributed by atoms with van der Waals surface area (Å²) in [5.41, 5.74) is 2.24. The highest BCUT2D eigenvalue weighted by Gasteiger charge is 2.24. The van der Waals surface area contributed by atoms with E-state index in [1.54, 1.807) is 25.3 Å². The number of aromatic nitrogens is 1. The first-order valence-corrected chi connectivity index (χ1v) is 10.9. The molecule has 2 heterocycles. The van der Waals surface area contributed by atoms with Gasteiger partial charge in [0.15, 0.2) is 11.5 Å². The van der Waals surface area contributed by atoms with Crippen LogP contribution in [0.15, 0.2) is 59.1 Å². The zero-order chi connectivity index (χ0) is 21.6. The van der Waals surface area contributed by atoms with Gasteiger partial charge in [-0.25, -0.2) is 0 Å². The van der Waals surface area contributed by atoms with Crippen LogP contribution < -0.4 is 10.1 Å². The molecule has 0 spiro atoms. The maximum Gasteiger partial charge on any atom is 0.273 e. The number of benzene rings is 2. The molecule has 1 saturated heterocycles. The van der Waals surface area contributed by atoms with Gasteiger partial charge in [-0.2, -0.15) is 0 Å². The summed E-state index contributed by atoms with van der Waals surface area (Å²) in [7, 11) is 1.66. The Balaban J connectivity index is 1.46. The van der Waals surface area contributed by atoms with Gasteiger partial charge in [0.25, 0.3) is 5.91 Å². The molecule has 1 aliphatic rings. The Labute approximate surface area is 187 Å². The molecule has 3 aromatic rings. The molecule has 0 saturated carbocycles. The number of methoxy groups -OCH3 is 1. The molecule has 6 nitrogen and oxygen atoms in total. The number of nitrogens with one attached hydrogen (secondary N) is 1. The van der Waals surface area contributed by atoms with E-state index >= 15 is 0 Å². The second-order valence-electron chi connectivity index (χ2n) is 7.68. The molecule has 2 aromatic carbocycles. The lowest BCUT2D eigenvalue weighted by atomic mass is 10.0. The molecular weight excluding hydrogens is 414 g/mol. The monoisotopic (exact) mass is 439 g/mol. The summed E-state index contributed by atoms with van der Waals surface area (Å²) in [5, 5.41) is 7.63. The molecular formula is C24H26ClN3O3. The third-order valence-corrected chi connectivity index (χ3v) is 5.91. The van der Waals surface area contributed by atoms with E-state index in [0.29, 0.717) is 17.3 Å². The van der Waals surface area contributed by atoms with Crippen LogP contribution in [0.3, 0.4) is 0 Å². The highest BCUT2D eigenvalue weighted by molar-refractivity contribution is 6.30. The number of piperidine rings is 1. The number of carbonyl (C=O) groups is 1. The van der Waals surface area contributed by atoms with Gasteiger partial charge >= 0.3 is 0 Å². The highest BCUT2D eigenvalue weighted by atomic mass is 35.5. The number of likely N-dealkylation sites (tertiary alicyclic amines) is 1. The highest BCUT2D eigenvalue weighted by Crippen LogP contribution is 2.26. The van der Waals surface area contributed by atoms with Crippen LogP contribution in [-0.2, 0) is 0 Å². The fourth-order valence-electron chi connectivity index (χ4n) is 3.93. The maximum atomic E-state index is 12.8. The summed E-state index contributed by atoms with van der Waals surface area (Å²) in [4.78, 5) is 15.2. The van der Waals surface area contributed by atoms with Gasteiger partial charge in [-0.1, -0.05) is 35.3 Å². The molecule has 0 aliphatic carbocycles. The van der Waals surface area contributed by atoms with Gasteiger partial charge in [0.2, 0.25) is 0 Å². The second kappa shape index (κ2) is 9.98. The predicted octanol–water partition coefficient (Wildman–Crippen LogP) is 4.96. The Morgan fingerprint density at radius 2 is 1.84 bits per heavy atom. The number of carbonyl (C=O) groups excluding carboxylic acids is 1. The number of amides is 1. The van der Waals surface area contributed by atoms with Crippen molar-refractivity contribution in [2.45, 2.75) is 25.3 Å². The van der Waals surface area contributed by atoms with E-state index in [4.69, 9.17) is 20.9 Å². The molecule has 1 N–H and O–H groups in total. The van der Waals surface area contributed by atoms with Crippen LogP contribution >= 0.6 is 11.6 Å². The van der Waals surface area contributed by atoms with Crippen LogP contribution in [-0.4, -0.2) is 42.7 Å². The zero-order valence-corrected chi connectivity index (χ0v) is 18.3. The van der Waals surface area contributed by atoms with Crippen molar-refractivity contribution in [3.05, 3.63) is 70.9 Å². The maximum absolute atomic E-state index is 12.8. The molecule has 1 aromatic heterocycles. The first kappa shape index (κ1) is 21.4. The Kier molecular flexibility index (Phi) is 6.89. The Morgan fingerprint density at radius 3 is 2.52 bits per heavy atom. The molecule has 7 heteroatoms. The molecule has 4 rings (SSSR count). The standard InChI is InChI=1S/C24H26ClN3O3/c1-30-20-11-7-17(8-12-20)22(28-13-3-2-4-14-28)16-26-24(29)21-15-23(31-27-21)18-5-9-19(25)10-6-18/h5-12,15,22H,2-4,13-14,16H2,1H3,(H,26,29). The van der Waals surface area contributed by atoms with Crippen molar-refractivity contribution in [3.8, 4) is 17.1 Å². The lowest BCUT2D eigenvalue weighted by Gasteiger charge is -2.35. The molecule has 1 amide bonds. The first-order chi connectivity index (χ1) is 15.1. The average Bonchev–Trinajstić information content (AvgIpc) is 3.31. The fraction of sp³-hybridized carbons (Fsp3) is 0.333. The molecule has 162 valence electrons. The molecule has 1 atom stereocenters. The van der Waals surface area contributed by atoms with E-state index in [1.807, 2.05) is 24.3 Å². The summed E-state index contributed by atoms with van der Waals surface area (Å²) in [6.07, 6.45) is 3.60. The zero-order valence-electron chi connectivity index (χ0n) is 17.5. The summed E-state index contributed by atoms with van der Waals surface area (Å²) in [5.74, 6) is 1.10. The minimum absolute atomic E-state index is 0.0952. The Bertz CT molecular complexity index is 996. The molecule has 1 aliphatic heterocycles. The van der Waals surface area contributed by atoms with Crippen LogP contribution in [0.5, 0.6) is 5.75 Å². The second-order valence-corrected chi connectivity index (χ2v) is 8.12. The van der Waals surface area contributed by atoms with Crippen molar-refractivity contribution in [2.24, 2.45) is 0 Å². The van der Waals surface area contributed by atoms with Gasteiger partial charge in [-0.15, -0.1) is 0 Å². The number of nitrogens with zero attached hydrogens (tertiary/aromatic N) is 2. The summed E-state index contributed by atoms with van der Waals surface area (Å²) >= 11 is 5.94. The number of rotatable bonds is 7. The largest absolute Gasteiger partial charge is 0.497 e. The summed E-state index contributed by atoms with van der Waals surface area (Å²) in [6.45, 7) is 2.54. The van der Waals surface area contributed by atoms with Crippen molar-refractivity contribution in [1.82, 2.24) is 15.4 Å². The number of hydrogen-bond acceptors (Lipinski definition) is 5. The number of ether oxygens (including phenoxy) is 1. The Hall–Kier alpha value is -2.83. The van der Waals surface area contributed by atoms with Crippen molar-refractivity contribution in [1.29, 1.82) is 0 Å². The van der Waals surface area contributed by atoms with Crippen LogP contribution in [0.2, 0.25) is 5.02 Å². The van der Waals surface area contributed by atoms with E-state index in [0.717, 1.165) is 30.0 Å². The summed E-state index contributed by atoms with van der Waals surface area (Å²) in [6, 6.07) is 17.0. The third-order valence-electron chi connectivity index (χ3n) is 5.66. The average molecular weight is 440 g/mol. The molecule has 0 radical (unpaired) electrons. The minimum atomic E-state index is -0.250. The van der Waals surface area contributed by atoms with Crippen molar-refractivity contribution >= 4 is 17.5 Å². The van der Waals surface area contributed by atoms with E-state index in [9.17, 15) is 4.79 Å². The van der Waals surface area contributed by atoms with Gasteiger partial charge in [0.05, 0.1) is 13.2 Å². The third kappa shape index (κ3) is 5.27.